The first-order valence-electron chi connectivity index (χ1n) is 7.36. The fraction of sp³-hybridized carbons (Fsp3) is 0.933. The number of thioether (sulfide) groups is 1. The zero-order valence-electron chi connectivity index (χ0n) is 11.7. The molecule has 0 bridgehead atoms. The van der Waals surface area contributed by atoms with Crippen LogP contribution in [0.5, 0.6) is 0 Å². The molecule has 0 aliphatic carbocycles. The molecule has 0 saturated heterocycles. The summed E-state index contributed by atoms with van der Waals surface area (Å²) < 4.78 is 0. The van der Waals surface area contributed by atoms with Gasteiger partial charge in [0.1, 0.15) is 5.40 Å². The Kier molecular flexibility index (Phi) is 13.8. The van der Waals surface area contributed by atoms with Crippen molar-refractivity contribution in [3.05, 3.63) is 0 Å². The summed E-state index contributed by atoms with van der Waals surface area (Å²) >= 11 is 1.45. The highest BCUT2D eigenvalue weighted by atomic mass is 32.2. The lowest BCUT2D eigenvalue weighted by molar-refractivity contribution is 0.443. The summed E-state index contributed by atoms with van der Waals surface area (Å²) in [5, 5.41) is 10.9. The van der Waals surface area contributed by atoms with Crippen molar-refractivity contribution in [3.63, 3.8) is 0 Å². The van der Waals surface area contributed by atoms with E-state index in [9.17, 15) is 0 Å². The quantitative estimate of drug-likeness (QED) is 0.327. The molecule has 0 rings (SSSR count). The van der Waals surface area contributed by atoms with Gasteiger partial charge in [-0.3, -0.25) is 0 Å². The van der Waals surface area contributed by atoms with Gasteiger partial charge in [0, 0.05) is 5.75 Å². The van der Waals surface area contributed by atoms with Crippen LogP contribution in [0.4, 0.5) is 0 Å². The van der Waals surface area contributed by atoms with Gasteiger partial charge in [-0.25, -0.2) is 0 Å². The molecule has 0 radical (unpaired) electrons. The molecular weight excluding hydrogens is 226 g/mol. The zero-order valence-corrected chi connectivity index (χ0v) is 12.5. The minimum Gasteiger partial charge on any atom is -0.185 e. The molecule has 0 aliphatic rings. The number of thiocyanates is 1. The summed E-state index contributed by atoms with van der Waals surface area (Å²) in [5.41, 5.74) is 0. The maximum atomic E-state index is 8.65. The van der Waals surface area contributed by atoms with Crippen LogP contribution in [0.25, 0.3) is 0 Å². The van der Waals surface area contributed by atoms with Gasteiger partial charge < -0.3 is 0 Å². The predicted octanol–water partition coefficient (Wildman–Crippen LogP) is 5.76. The van der Waals surface area contributed by atoms with Crippen molar-refractivity contribution in [3.8, 4) is 5.40 Å². The Bertz CT molecular complexity index is 174. The van der Waals surface area contributed by atoms with Gasteiger partial charge in [0.25, 0.3) is 0 Å². The Balaban J connectivity index is 3.60. The Morgan fingerprint density at radius 1 is 0.882 bits per heavy atom. The van der Waals surface area contributed by atoms with Crippen LogP contribution >= 0.6 is 11.8 Å². The molecule has 0 aromatic rings. The van der Waals surface area contributed by atoms with Crippen LogP contribution in [0.1, 0.15) is 78.1 Å². The van der Waals surface area contributed by atoms with Gasteiger partial charge in [-0.05, 0) is 30.5 Å². The third-order valence-corrected chi connectivity index (χ3v) is 4.08. The largest absolute Gasteiger partial charge is 0.185 e. The van der Waals surface area contributed by atoms with Gasteiger partial charge >= 0.3 is 0 Å². The minimum atomic E-state index is 0.786. The van der Waals surface area contributed by atoms with Gasteiger partial charge in [0.15, 0.2) is 0 Å². The first-order valence-corrected chi connectivity index (χ1v) is 8.34. The van der Waals surface area contributed by atoms with Gasteiger partial charge in [0.2, 0.25) is 0 Å². The number of nitrogens with zero attached hydrogens (tertiary/aromatic N) is 1. The maximum absolute atomic E-state index is 8.65. The Labute approximate surface area is 112 Å². The molecule has 1 nitrogen and oxygen atoms in total. The highest BCUT2D eigenvalue weighted by Gasteiger charge is 2.08. The van der Waals surface area contributed by atoms with E-state index >= 15 is 0 Å². The van der Waals surface area contributed by atoms with Crippen LogP contribution in [0.15, 0.2) is 0 Å². The van der Waals surface area contributed by atoms with E-state index in [0.29, 0.717) is 0 Å². The number of unbranched alkanes of at least 4 members (excludes halogenated alkanes) is 6. The van der Waals surface area contributed by atoms with E-state index in [2.05, 4.69) is 19.2 Å². The Hall–Kier alpha value is -0.160. The van der Waals surface area contributed by atoms with Crippen molar-refractivity contribution in [2.45, 2.75) is 78.1 Å². The first kappa shape index (κ1) is 16.8. The van der Waals surface area contributed by atoms with E-state index in [-0.39, 0.29) is 0 Å². The van der Waals surface area contributed by atoms with Crippen LogP contribution in [0, 0.1) is 16.6 Å². The predicted molar refractivity (Wildman–Crippen MR) is 79.1 cm³/mol. The second kappa shape index (κ2) is 13.9. The third-order valence-electron chi connectivity index (χ3n) is 3.32. The monoisotopic (exact) mass is 255 g/mol. The standard InChI is InChI=1S/C15H29NS/c1-3-5-7-9-11-15(13-17-14-16)12-10-8-6-4-2/h15H,3-13H2,1-2H3. The third kappa shape index (κ3) is 12.1. The highest BCUT2D eigenvalue weighted by molar-refractivity contribution is 8.03. The maximum Gasteiger partial charge on any atom is 0.133 e. The van der Waals surface area contributed by atoms with Crippen LogP contribution in [0.2, 0.25) is 0 Å². The molecule has 0 unspecified atom stereocenters. The molecule has 100 valence electrons. The minimum absolute atomic E-state index is 0.786. The molecule has 0 atom stereocenters. The van der Waals surface area contributed by atoms with Crippen LogP contribution in [-0.2, 0) is 0 Å². The molecule has 17 heavy (non-hydrogen) atoms. The fourth-order valence-corrected chi connectivity index (χ4v) is 2.83. The van der Waals surface area contributed by atoms with Crippen LogP contribution < -0.4 is 0 Å². The van der Waals surface area contributed by atoms with Crippen molar-refractivity contribution >= 4 is 11.8 Å². The lowest BCUT2D eigenvalue weighted by atomic mass is 9.96. The van der Waals surface area contributed by atoms with E-state index in [1.165, 1.54) is 76.0 Å². The molecule has 0 spiro atoms. The van der Waals surface area contributed by atoms with E-state index in [4.69, 9.17) is 5.26 Å². The first-order chi connectivity index (χ1) is 8.35. The summed E-state index contributed by atoms with van der Waals surface area (Å²) in [6.45, 7) is 4.52. The Morgan fingerprint density at radius 2 is 1.41 bits per heavy atom. The second-order valence-corrected chi connectivity index (χ2v) is 5.77. The van der Waals surface area contributed by atoms with E-state index in [0.717, 1.165) is 11.7 Å². The molecule has 0 heterocycles. The average molecular weight is 255 g/mol. The smallest absolute Gasteiger partial charge is 0.133 e. The van der Waals surface area contributed by atoms with Crippen molar-refractivity contribution in [2.75, 3.05) is 5.75 Å². The lowest BCUT2D eigenvalue weighted by Gasteiger charge is -2.14. The molecule has 0 fully saturated rings. The molecule has 0 amide bonds. The molecule has 0 aliphatic heterocycles. The second-order valence-electron chi connectivity index (χ2n) is 4.97. The topological polar surface area (TPSA) is 23.8 Å². The summed E-state index contributed by atoms with van der Waals surface area (Å²) in [7, 11) is 0. The summed E-state index contributed by atoms with van der Waals surface area (Å²) in [5.74, 6) is 1.84. The molecule has 2 heteroatoms. The molecular formula is C15H29NS. The highest BCUT2D eigenvalue weighted by Crippen LogP contribution is 2.22. The van der Waals surface area contributed by atoms with E-state index < -0.39 is 0 Å². The van der Waals surface area contributed by atoms with Gasteiger partial charge in [0.05, 0.1) is 0 Å². The van der Waals surface area contributed by atoms with Crippen molar-refractivity contribution < 1.29 is 0 Å². The molecule has 0 aromatic carbocycles. The SMILES string of the molecule is CCCCCCC(CCCCCC)CSC#N. The Morgan fingerprint density at radius 3 is 1.82 bits per heavy atom. The summed E-state index contributed by atoms with van der Waals surface area (Å²) in [6, 6.07) is 0. The number of hydrogen-bond acceptors (Lipinski definition) is 2. The number of hydrogen-bond donors (Lipinski definition) is 0. The van der Waals surface area contributed by atoms with Crippen molar-refractivity contribution in [1.29, 1.82) is 5.26 Å². The number of rotatable bonds is 12. The number of nitriles is 1. The lowest BCUT2D eigenvalue weighted by Crippen LogP contribution is -2.04. The van der Waals surface area contributed by atoms with Gasteiger partial charge in [-0.1, -0.05) is 65.2 Å². The van der Waals surface area contributed by atoms with Crippen molar-refractivity contribution in [1.82, 2.24) is 0 Å². The normalized spacial score (nSPS) is 10.7. The zero-order chi connectivity index (χ0) is 12.8. The van der Waals surface area contributed by atoms with E-state index in [1.54, 1.807) is 0 Å². The average Bonchev–Trinajstić information content (AvgIpc) is 2.35. The molecule has 0 saturated carbocycles. The molecule has 0 N–H and O–H groups in total. The fourth-order valence-electron chi connectivity index (χ4n) is 2.19. The van der Waals surface area contributed by atoms with Crippen LogP contribution in [0.3, 0.4) is 0 Å². The summed E-state index contributed by atoms with van der Waals surface area (Å²) in [4.78, 5) is 0. The van der Waals surface area contributed by atoms with E-state index in [1.807, 2.05) is 0 Å². The van der Waals surface area contributed by atoms with Crippen molar-refractivity contribution in [2.24, 2.45) is 5.92 Å². The van der Waals surface area contributed by atoms with Gasteiger partial charge in [-0.2, -0.15) is 5.26 Å². The summed E-state index contributed by atoms with van der Waals surface area (Å²) in [6.07, 6.45) is 13.5. The van der Waals surface area contributed by atoms with Gasteiger partial charge in [-0.15, -0.1) is 0 Å². The molecule has 0 aromatic heterocycles. The van der Waals surface area contributed by atoms with Crippen LogP contribution in [-0.4, -0.2) is 5.75 Å².